The molecule has 3 rings (SSSR count). The van der Waals surface area contributed by atoms with Crippen molar-refractivity contribution in [3.63, 3.8) is 0 Å². The first kappa shape index (κ1) is 15.1. The van der Waals surface area contributed by atoms with E-state index >= 15 is 0 Å². The SMILES string of the molecule is Cc1nc(CN(C)[C@@H]2CCN(CCc3ccccn3)C2)no1. The highest BCUT2D eigenvalue weighted by Gasteiger charge is 2.26. The number of likely N-dealkylation sites (tertiary alicyclic amines) is 1. The summed E-state index contributed by atoms with van der Waals surface area (Å²) >= 11 is 0. The summed E-state index contributed by atoms with van der Waals surface area (Å²) in [5, 5.41) is 3.97. The fraction of sp³-hybridized carbons (Fsp3) is 0.562. The first-order valence-electron chi connectivity index (χ1n) is 7.82. The molecule has 0 N–H and O–H groups in total. The van der Waals surface area contributed by atoms with Crippen LogP contribution in [0, 0.1) is 6.92 Å². The number of aromatic nitrogens is 3. The second-order valence-electron chi connectivity index (χ2n) is 5.96. The lowest BCUT2D eigenvalue weighted by Crippen LogP contribution is -2.35. The van der Waals surface area contributed by atoms with Gasteiger partial charge >= 0.3 is 0 Å². The van der Waals surface area contributed by atoms with Crippen molar-refractivity contribution in [2.45, 2.75) is 32.4 Å². The number of hydrogen-bond acceptors (Lipinski definition) is 6. The Labute approximate surface area is 131 Å². The van der Waals surface area contributed by atoms with Gasteiger partial charge in [0.15, 0.2) is 5.82 Å². The van der Waals surface area contributed by atoms with Crippen LogP contribution in [0.2, 0.25) is 0 Å². The molecule has 0 radical (unpaired) electrons. The molecule has 1 aliphatic rings. The Kier molecular flexibility index (Phi) is 4.80. The average Bonchev–Trinajstić information content (AvgIpc) is 3.15. The number of nitrogens with zero attached hydrogens (tertiary/aromatic N) is 5. The van der Waals surface area contributed by atoms with E-state index in [1.807, 2.05) is 19.2 Å². The Hall–Kier alpha value is -1.79. The molecule has 3 heterocycles. The van der Waals surface area contributed by atoms with Crippen LogP contribution in [0.25, 0.3) is 0 Å². The molecular formula is C16H23N5O. The molecule has 0 spiro atoms. The van der Waals surface area contributed by atoms with E-state index in [1.165, 1.54) is 12.1 Å². The Morgan fingerprint density at radius 1 is 1.41 bits per heavy atom. The van der Waals surface area contributed by atoms with E-state index < -0.39 is 0 Å². The van der Waals surface area contributed by atoms with Crippen LogP contribution in [0.5, 0.6) is 0 Å². The molecule has 0 aromatic carbocycles. The normalized spacial score (nSPS) is 19.1. The highest BCUT2D eigenvalue weighted by molar-refractivity contribution is 5.04. The Bertz CT molecular complexity index is 585. The van der Waals surface area contributed by atoms with Crippen LogP contribution in [0.3, 0.4) is 0 Å². The monoisotopic (exact) mass is 301 g/mol. The molecule has 1 atom stereocenters. The lowest BCUT2D eigenvalue weighted by atomic mass is 10.2. The summed E-state index contributed by atoms with van der Waals surface area (Å²) in [7, 11) is 2.14. The second-order valence-corrected chi connectivity index (χ2v) is 5.96. The first-order valence-corrected chi connectivity index (χ1v) is 7.82. The van der Waals surface area contributed by atoms with Gasteiger partial charge in [0.05, 0.1) is 6.54 Å². The molecule has 6 heteroatoms. The van der Waals surface area contributed by atoms with E-state index in [1.54, 1.807) is 0 Å². The quantitative estimate of drug-likeness (QED) is 0.806. The molecule has 1 fully saturated rings. The smallest absolute Gasteiger partial charge is 0.223 e. The molecule has 22 heavy (non-hydrogen) atoms. The molecule has 2 aromatic rings. The fourth-order valence-electron chi connectivity index (χ4n) is 2.95. The van der Waals surface area contributed by atoms with Gasteiger partial charge in [-0.1, -0.05) is 11.2 Å². The van der Waals surface area contributed by atoms with Crippen LogP contribution in [-0.4, -0.2) is 57.6 Å². The van der Waals surface area contributed by atoms with Gasteiger partial charge in [-0.15, -0.1) is 0 Å². The predicted octanol–water partition coefficient (Wildman–Crippen LogP) is 1.52. The van der Waals surface area contributed by atoms with Gasteiger partial charge in [-0.2, -0.15) is 4.98 Å². The number of likely N-dealkylation sites (N-methyl/N-ethyl adjacent to an activating group) is 1. The Balaban J connectivity index is 1.45. The Morgan fingerprint density at radius 3 is 3.05 bits per heavy atom. The molecule has 0 amide bonds. The Morgan fingerprint density at radius 2 is 2.32 bits per heavy atom. The summed E-state index contributed by atoms with van der Waals surface area (Å²) in [5.74, 6) is 1.40. The van der Waals surface area contributed by atoms with Gasteiger partial charge in [0.25, 0.3) is 0 Å². The van der Waals surface area contributed by atoms with Gasteiger partial charge in [0.1, 0.15) is 0 Å². The van der Waals surface area contributed by atoms with Crippen molar-refractivity contribution >= 4 is 0 Å². The van der Waals surface area contributed by atoms with Gasteiger partial charge in [-0.3, -0.25) is 9.88 Å². The largest absolute Gasteiger partial charge is 0.340 e. The molecular weight excluding hydrogens is 278 g/mol. The van der Waals surface area contributed by atoms with Crippen molar-refractivity contribution < 1.29 is 4.52 Å². The van der Waals surface area contributed by atoms with E-state index in [-0.39, 0.29) is 0 Å². The van der Waals surface area contributed by atoms with E-state index in [0.717, 1.165) is 38.4 Å². The van der Waals surface area contributed by atoms with Crippen LogP contribution in [0.4, 0.5) is 0 Å². The lowest BCUT2D eigenvalue weighted by molar-refractivity contribution is 0.218. The molecule has 0 aliphatic carbocycles. The molecule has 0 unspecified atom stereocenters. The number of aryl methyl sites for hydroxylation is 1. The minimum absolute atomic E-state index is 0.558. The van der Waals surface area contributed by atoms with Crippen molar-refractivity contribution in [2.24, 2.45) is 0 Å². The number of hydrogen-bond donors (Lipinski definition) is 0. The minimum Gasteiger partial charge on any atom is -0.340 e. The van der Waals surface area contributed by atoms with Crippen molar-refractivity contribution in [1.82, 2.24) is 24.9 Å². The lowest BCUT2D eigenvalue weighted by Gasteiger charge is -2.23. The molecule has 2 aromatic heterocycles. The molecule has 6 nitrogen and oxygen atoms in total. The van der Waals surface area contributed by atoms with Gasteiger partial charge in [0.2, 0.25) is 5.89 Å². The summed E-state index contributed by atoms with van der Waals surface area (Å²) in [6, 6.07) is 6.67. The fourth-order valence-corrected chi connectivity index (χ4v) is 2.95. The molecule has 0 saturated carbocycles. The van der Waals surface area contributed by atoms with Gasteiger partial charge < -0.3 is 9.42 Å². The maximum atomic E-state index is 5.03. The van der Waals surface area contributed by atoms with Crippen molar-refractivity contribution in [1.29, 1.82) is 0 Å². The highest BCUT2D eigenvalue weighted by atomic mass is 16.5. The van der Waals surface area contributed by atoms with Crippen LogP contribution in [-0.2, 0) is 13.0 Å². The van der Waals surface area contributed by atoms with Crippen LogP contribution in [0.1, 0.15) is 23.8 Å². The zero-order valence-electron chi connectivity index (χ0n) is 13.3. The van der Waals surface area contributed by atoms with Crippen molar-refractivity contribution in [3.05, 3.63) is 41.8 Å². The predicted molar refractivity (Wildman–Crippen MR) is 83.3 cm³/mol. The number of pyridine rings is 1. The first-order chi connectivity index (χ1) is 10.7. The second kappa shape index (κ2) is 6.98. The van der Waals surface area contributed by atoms with Crippen molar-refractivity contribution in [3.8, 4) is 0 Å². The van der Waals surface area contributed by atoms with Crippen LogP contribution < -0.4 is 0 Å². The standard InChI is InChI=1S/C16H23N5O/c1-13-18-16(19-22-13)12-20(2)15-7-10-21(11-15)9-6-14-5-3-4-8-17-14/h3-5,8,15H,6-7,9-12H2,1-2H3/t15-/m1/s1. The summed E-state index contributed by atoms with van der Waals surface area (Å²) < 4.78 is 5.03. The minimum atomic E-state index is 0.558. The third-order valence-electron chi connectivity index (χ3n) is 4.24. The molecule has 1 aliphatic heterocycles. The van der Waals surface area contributed by atoms with Gasteiger partial charge in [-0.05, 0) is 32.1 Å². The maximum absolute atomic E-state index is 5.03. The molecule has 1 saturated heterocycles. The van der Waals surface area contributed by atoms with Crippen molar-refractivity contribution in [2.75, 3.05) is 26.7 Å². The molecule has 0 bridgehead atoms. The average molecular weight is 301 g/mol. The van der Waals surface area contributed by atoms with Crippen LogP contribution in [0.15, 0.2) is 28.9 Å². The maximum Gasteiger partial charge on any atom is 0.223 e. The van der Waals surface area contributed by atoms with E-state index in [9.17, 15) is 0 Å². The van der Waals surface area contributed by atoms with Crippen LogP contribution >= 0.6 is 0 Å². The zero-order chi connectivity index (χ0) is 15.4. The summed E-state index contributed by atoms with van der Waals surface area (Å²) in [6.45, 7) is 5.89. The summed E-state index contributed by atoms with van der Waals surface area (Å²) in [5.41, 5.74) is 1.17. The summed E-state index contributed by atoms with van der Waals surface area (Å²) in [6.07, 6.45) is 4.07. The van der Waals surface area contributed by atoms with E-state index in [4.69, 9.17) is 4.52 Å². The van der Waals surface area contributed by atoms with Gasteiger partial charge in [0, 0.05) is 44.4 Å². The molecule has 118 valence electrons. The highest BCUT2D eigenvalue weighted by Crippen LogP contribution is 2.16. The topological polar surface area (TPSA) is 58.3 Å². The number of rotatable bonds is 6. The van der Waals surface area contributed by atoms with E-state index in [0.29, 0.717) is 11.9 Å². The third kappa shape index (κ3) is 3.90. The summed E-state index contributed by atoms with van der Waals surface area (Å²) in [4.78, 5) is 13.5. The van der Waals surface area contributed by atoms with Gasteiger partial charge in [-0.25, -0.2) is 0 Å². The third-order valence-corrected chi connectivity index (χ3v) is 4.24. The van der Waals surface area contributed by atoms with E-state index in [2.05, 4.69) is 44.1 Å². The zero-order valence-corrected chi connectivity index (χ0v) is 13.3.